The van der Waals surface area contributed by atoms with Crippen molar-refractivity contribution in [1.29, 1.82) is 0 Å². The van der Waals surface area contributed by atoms with E-state index in [9.17, 15) is 4.79 Å². The van der Waals surface area contributed by atoms with Crippen LogP contribution in [0.4, 0.5) is 5.69 Å². The van der Waals surface area contributed by atoms with E-state index >= 15 is 0 Å². The van der Waals surface area contributed by atoms with Crippen molar-refractivity contribution < 1.29 is 9.21 Å². The first-order chi connectivity index (χ1) is 14.3. The van der Waals surface area contributed by atoms with Gasteiger partial charge >= 0.3 is 0 Å². The molecule has 29 heavy (non-hydrogen) atoms. The highest BCUT2D eigenvalue weighted by Crippen LogP contribution is 2.22. The minimum atomic E-state index is -0.0232. The molecule has 2 N–H and O–H groups in total. The van der Waals surface area contributed by atoms with E-state index in [2.05, 4.69) is 25.5 Å². The first-order valence-electron chi connectivity index (χ1n) is 9.48. The number of anilines is 1. The molecule has 1 amide bonds. The van der Waals surface area contributed by atoms with Crippen molar-refractivity contribution in [1.82, 2.24) is 20.2 Å². The number of aromatic amines is 1. The third-order valence-electron chi connectivity index (χ3n) is 4.68. The van der Waals surface area contributed by atoms with Crippen LogP contribution in [0.25, 0.3) is 11.3 Å². The second-order valence-electron chi connectivity index (χ2n) is 6.69. The number of aromatic nitrogens is 4. The number of hydrogen-bond donors (Lipinski definition) is 2. The quantitative estimate of drug-likeness (QED) is 0.479. The van der Waals surface area contributed by atoms with Crippen molar-refractivity contribution in [2.75, 3.05) is 5.32 Å². The maximum atomic E-state index is 12.4. The number of carbonyl (C=O) groups is 1. The number of carbonyl (C=O) groups excluding carboxylic acids is 1. The molecule has 0 saturated heterocycles. The molecule has 0 aliphatic heterocycles. The topological polar surface area (TPSA) is 96.7 Å². The molecule has 0 atom stereocenters. The van der Waals surface area contributed by atoms with Gasteiger partial charge in [-0.15, -0.1) is 10.2 Å². The van der Waals surface area contributed by atoms with E-state index in [4.69, 9.17) is 4.42 Å². The first-order valence-corrected chi connectivity index (χ1v) is 9.48. The molecule has 146 valence electrons. The molecule has 0 aliphatic carbocycles. The zero-order valence-corrected chi connectivity index (χ0v) is 15.8. The molecule has 0 spiro atoms. The molecule has 0 radical (unpaired) electrons. The largest absolute Gasteiger partial charge is 0.428 e. The lowest BCUT2D eigenvalue weighted by Gasteiger charge is -2.09. The van der Waals surface area contributed by atoms with E-state index in [-0.39, 0.29) is 5.91 Å². The molecule has 0 aliphatic rings. The molecule has 7 nitrogen and oxygen atoms in total. The van der Waals surface area contributed by atoms with Gasteiger partial charge in [0.15, 0.2) is 0 Å². The summed E-state index contributed by atoms with van der Waals surface area (Å²) in [7, 11) is 0. The summed E-state index contributed by atoms with van der Waals surface area (Å²) in [5.74, 6) is 0.599. The Balaban J connectivity index is 1.30. The standard InChI is InChI=1S/C22H21N5O2/c28-21(9-6-17-14-23-13-11-19(17)20-2-1-12-24-20)26-18-7-3-16(4-8-18)5-10-22-27-25-15-29-22/h1-4,7-8,11-15,24H,5-6,9-10H2,(H,26,28). The van der Waals surface area contributed by atoms with E-state index in [0.717, 1.165) is 34.5 Å². The highest BCUT2D eigenvalue weighted by Gasteiger charge is 2.09. The van der Waals surface area contributed by atoms with Gasteiger partial charge < -0.3 is 14.7 Å². The number of pyridine rings is 1. The molecule has 0 unspecified atom stereocenters. The van der Waals surface area contributed by atoms with Crippen LogP contribution in [0.5, 0.6) is 0 Å². The zero-order valence-electron chi connectivity index (χ0n) is 15.8. The first kappa shape index (κ1) is 18.6. The third-order valence-corrected chi connectivity index (χ3v) is 4.68. The van der Waals surface area contributed by atoms with Crippen molar-refractivity contribution in [2.24, 2.45) is 0 Å². The van der Waals surface area contributed by atoms with Crippen LogP contribution in [-0.4, -0.2) is 26.1 Å². The number of aryl methyl sites for hydroxylation is 3. The maximum Gasteiger partial charge on any atom is 0.224 e. The number of hydrogen-bond acceptors (Lipinski definition) is 5. The molecule has 3 heterocycles. The summed E-state index contributed by atoms with van der Waals surface area (Å²) in [5.41, 5.74) is 5.07. The normalized spacial score (nSPS) is 10.8. The van der Waals surface area contributed by atoms with Gasteiger partial charge in [-0.3, -0.25) is 9.78 Å². The third kappa shape index (κ3) is 4.95. The zero-order chi connectivity index (χ0) is 19.9. The van der Waals surface area contributed by atoms with Crippen LogP contribution < -0.4 is 5.32 Å². The molecule has 0 saturated carbocycles. The Kier molecular flexibility index (Phi) is 5.76. The molecule has 4 aromatic rings. The van der Waals surface area contributed by atoms with E-state index < -0.39 is 0 Å². The summed E-state index contributed by atoms with van der Waals surface area (Å²) in [6.07, 6.45) is 9.31. The van der Waals surface area contributed by atoms with Gasteiger partial charge in [-0.1, -0.05) is 12.1 Å². The van der Waals surface area contributed by atoms with Gasteiger partial charge in [0.1, 0.15) is 0 Å². The lowest BCUT2D eigenvalue weighted by atomic mass is 10.0. The summed E-state index contributed by atoms with van der Waals surface area (Å²) in [4.78, 5) is 19.8. The highest BCUT2D eigenvalue weighted by molar-refractivity contribution is 5.91. The van der Waals surface area contributed by atoms with E-state index in [1.165, 1.54) is 6.39 Å². The van der Waals surface area contributed by atoms with Gasteiger partial charge in [0.25, 0.3) is 0 Å². The molecule has 0 bridgehead atoms. The number of rotatable bonds is 8. The van der Waals surface area contributed by atoms with Crippen LogP contribution in [0.1, 0.15) is 23.4 Å². The number of H-pyrrole nitrogens is 1. The number of nitrogens with one attached hydrogen (secondary N) is 2. The van der Waals surface area contributed by atoms with Gasteiger partial charge in [-0.25, -0.2) is 0 Å². The van der Waals surface area contributed by atoms with E-state index in [1.807, 2.05) is 54.9 Å². The minimum Gasteiger partial charge on any atom is -0.428 e. The van der Waals surface area contributed by atoms with E-state index in [1.54, 1.807) is 6.20 Å². The van der Waals surface area contributed by atoms with Crippen molar-refractivity contribution in [3.8, 4) is 11.3 Å². The van der Waals surface area contributed by atoms with Crippen LogP contribution in [0.3, 0.4) is 0 Å². The molecule has 1 aromatic carbocycles. The lowest BCUT2D eigenvalue weighted by Crippen LogP contribution is -2.12. The smallest absolute Gasteiger partial charge is 0.224 e. The summed E-state index contributed by atoms with van der Waals surface area (Å²) in [5, 5.41) is 10.5. The van der Waals surface area contributed by atoms with Gasteiger partial charge in [-0.05, 0) is 54.3 Å². The average Bonchev–Trinajstić information content (AvgIpc) is 3.46. The fraction of sp³-hybridized carbons (Fsp3) is 0.182. The Morgan fingerprint density at radius 2 is 1.97 bits per heavy atom. The van der Waals surface area contributed by atoms with Gasteiger partial charge in [-0.2, -0.15) is 0 Å². The van der Waals surface area contributed by atoms with Gasteiger partial charge in [0, 0.05) is 48.4 Å². The maximum absolute atomic E-state index is 12.4. The summed E-state index contributed by atoms with van der Waals surface area (Å²) in [6.45, 7) is 0. The Bertz CT molecular complexity index is 1040. The second kappa shape index (κ2) is 8.97. The number of amides is 1. The SMILES string of the molecule is O=C(CCc1cnccc1-c1ccc[nH]1)Nc1ccc(CCc2nnco2)cc1. The minimum absolute atomic E-state index is 0.0232. The molecule has 0 fully saturated rings. The molecule has 4 rings (SSSR count). The average molecular weight is 387 g/mol. The predicted molar refractivity (Wildman–Crippen MR) is 109 cm³/mol. The molecular weight excluding hydrogens is 366 g/mol. The van der Waals surface area contributed by atoms with Gasteiger partial charge in [0.05, 0.1) is 0 Å². The van der Waals surface area contributed by atoms with Crippen molar-refractivity contribution in [3.05, 3.63) is 84.5 Å². The highest BCUT2D eigenvalue weighted by atomic mass is 16.4. The Hall–Kier alpha value is -3.74. The summed E-state index contributed by atoms with van der Waals surface area (Å²) in [6, 6.07) is 13.8. The Morgan fingerprint density at radius 3 is 2.72 bits per heavy atom. The fourth-order valence-electron chi connectivity index (χ4n) is 3.17. The molecular formula is C22H21N5O2. The lowest BCUT2D eigenvalue weighted by molar-refractivity contribution is -0.116. The fourth-order valence-corrected chi connectivity index (χ4v) is 3.17. The summed E-state index contributed by atoms with van der Waals surface area (Å²) < 4.78 is 5.14. The van der Waals surface area contributed by atoms with Crippen LogP contribution in [0.2, 0.25) is 0 Å². The van der Waals surface area contributed by atoms with Crippen LogP contribution in [0.15, 0.2) is 71.9 Å². The summed E-state index contributed by atoms with van der Waals surface area (Å²) >= 11 is 0. The van der Waals surface area contributed by atoms with Crippen LogP contribution in [0, 0.1) is 0 Å². The van der Waals surface area contributed by atoms with Crippen molar-refractivity contribution in [2.45, 2.75) is 25.7 Å². The number of benzene rings is 1. The van der Waals surface area contributed by atoms with Crippen molar-refractivity contribution >= 4 is 11.6 Å². The van der Waals surface area contributed by atoms with Crippen molar-refractivity contribution in [3.63, 3.8) is 0 Å². The second-order valence-corrected chi connectivity index (χ2v) is 6.69. The Labute approximate surface area is 168 Å². The Morgan fingerprint density at radius 1 is 1.07 bits per heavy atom. The monoisotopic (exact) mass is 387 g/mol. The molecule has 3 aromatic heterocycles. The van der Waals surface area contributed by atoms with E-state index in [0.29, 0.717) is 25.2 Å². The van der Waals surface area contributed by atoms with Crippen LogP contribution >= 0.6 is 0 Å². The predicted octanol–water partition coefficient (Wildman–Crippen LogP) is 3.82. The van der Waals surface area contributed by atoms with Gasteiger partial charge in [0.2, 0.25) is 18.2 Å². The van der Waals surface area contributed by atoms with Crippen LogP contribution in [-0.2, 0) is 24.1 Å². The number of nitrogens with zero attached hydrogens (tertiary/aromatic N) is 3. The molecule has 7 heteroatoms.